The molecule has 0 spiro atoms. The summed E-state index contributed by atoms with van der Waals surface area (Å²) in [4.78, 5) is 10.9. The van der Waals surface area contributed by atoms with Crippen LogP contribution in [0, 0.1) is 5.41 Å². The van der Waals surface area contributed by atoms with Gasteiger partial charge in [-0.15, -0.1) is 0 Å². The highest BCUT2D eigenvalue weighted by atomic mass is 16.5. The molecule has 0 saturated carbocycles. The molecule has 0 saturated heterocycles. The van der Waals surface area contributed by atoms with Gasteiger partial charge in [-0.3, -0.25) is 4.79 Å². The van der Waals surface area contributed by atoms with Crippen molar-refractivity contribution in [3.05, 3.63) is 23.8 Å². The second-order valence-electron chi connectivity index (χ2n) is 5.15. The van der Waals surface area contributed by atoms with Crippen molar-refractivity contribution in [2.24, 2.45) is 11.1 Å². The molecule has 5 heteroatoms. The molecule has 0 aliphatic rings. The number of aliphatic carboxylic acids is 1. The van der Waals surface area contributed by atoms with Gasteiger partial charge in [-0.1, -0.05) is 19.9 Å². The Balaban J connectivity index is 3.05. The molecule has 1 aromatic rings. The number of hydrogen-bond donors (Lipinski definition) is 2. The van der Waals surface area contributed by atoms with Gasteiger partial charge < -0.3 is 20.3 Å². The van der Waals surface area contributed by atoms with Gasteiger partial charge in [0, 0.05) is 6.04 Å². The van der Waals surface area contributed by atoms with E-state index in [1.54, 1.807) is 26.4 Å². The van der Waals surface area contributed by atoms with E-state index in [4.69, 9.17) is 20.3 Å². The van der Waals surface area contributed by atoms with Gasteiger partial charge in [0.2, 0.25) is 0 Å². The summed E-state index contributed by atoms with van der Waals surface area (Å²) in [7, 11) is 3.11. The van der Waals surface area contributed by atoms with Crippen LogP contribution in [0.2, 0.25) is 0 Å². The molecule has 0 amide bonds. The summed E-state index contributed by atoms with van der Waals surface area (Å²) in [5.74, 6) is 0.344. The lowest BCUT2D eigenvalue weighted by Gasteiger charge is -2.30. The second-order valence-corrected chi connectivity index (χ2v) is 5.15. The third-order valence-corrected chi connectivity index (χ3v) is 3.22. The first kappa shape index (κ1) is 15.3. The molecule has 0 fully saturated rings. The average Bonchev–Trinajstić information content (AvgIpc) is 2.35. The van der Waals surface area contributed by atoms with Crippen LogP contribution in [0.15, 0.2) is 18.2 Å². The highest BCUT2D eigenvalue weighted by Gasteiger charge is 2.30. The van der Waals surface area contributed by atoms with Crippen LogP contribution < -0.4 is 15.2 Å². The van der Waals surface area contributed by atoms with Gasteiger partial charge in [-0.2, -0.15) is 0 Å². The Bertz CT molecular complexity index is 457. The fraction of sp³-hybridized carbons (Fsp3) is 0.500. The Labute approximate surface area is 113 Å². The number of methoxy groups -OCH3 is 2. The minimum Gasteiger partial charge on any atom is -0.493 e. The van der Waals surface area contributed by atoms with Gasteiger partial charge in [0.1, 0.15) is 0 Å². The molecule has 0 aliphatic heterocycles. The number of hydrogen-bond acceptors (Lipinski definition) is 4. The zero-order valence-corrected chi connectivity index (χ0v) is 11.8. The number of rotatable bonds is 6. The van der Waals surface area contributed by atoms with E-state index >= 15 is 0 Å². The van der Waals surface area contributed by atoms with E-state index in [1.165, 1.54) is 0 Å². The number of nitrogens with two attached hydrogens (primary N) is 1. The van der Waals surface area contributed by atoms with Gasteiger partial charge in [0.25, 0.3) is 0 Å². The van der Waals surface area contributed by atoms with E-state index < -0.39 is 17.4 Å². The smallest absolute Gasteiger partial charge is 0.303 e. The molecular formula is C14H21NO4. The molecular weight excluding hydrogens is 246 g/mol. The predicted octanol–water partition coefficient (Wildman–Crippen LogP) is 2.20. The lowest BCUT2D eigenvalue weighted by atomic mass is 9.78. The molecule has 106 valence electrons. The van der Waals surface area contributed by atoms with Crippen molar-refractivity contribution in [2.75, 3.05) is 14.2 Å². The van der Waals surface area contributed by atoms with E-state index in [0.29, 0.717) is 11.5 Å². The van der Waals surface area contributed by atoms with E-state index in [2.05, 4.69) is 0 Å². The molecule has 5 nitrogen and oxygen atoms in total. The Kier molecular flexibility index (Phi) is 4.78. The van der Waals surface area contributed by atoms with E-state index in [0.717, 1.165) is 5.56 Å². The molecule has 1 aromatic carbocycles. The number of carbonyl (C=O) groups is 1. The Morgan fingerprint density at radius 3 is 2.37 bits per heavy atom. The van der Waals surface area contributed by atoms with Crippen LogP contribution in [0.25, 0.3) is 0 Å². The minimum atomic E-state index is -0.860. The molecule has 0 radical (unpaired) electrons. The fourth-order valence-corrected chi connectivity index (χ4v) is 2.00. The highest BCUT2D eigenvalue weighted by molar-refractivity contribution is 5.67. The third-order valence-electron chi connectivity index (χ3n) is 3.22. The van der Waals surface area contributed by atoms with Crippen molar-refractivity contribution in [1.82, 2.24) is 0 Å². The van der Waals surface area contributed by atoms with E-state index in [1.807, 2.05) is 19.9 Å². The van der Waals surface area contributed by atoms with Crippen LogP contribution in [0.5, 0.6) is 11.5 Å². The van der Waals surface area contributed by atoms with E-state index in [9.17, 15) is 4.79 Å². The average molecular weight is 267 g/mol. The molecule has 0 aromatic heterocycles. The fourth-order valence-electron chi connectivity index (χ4n) is 2.00. The lowest BCUT2D eigenvalue weighted by Crippen LogP contribution is -2.31. The van der Waals surface area contributed by atoms with Crippen molar-refractivity contribution in [1.29, 1.82) is 0 Å². The Morgan fingerprint density at radius 1 is 1.32 bits per heavy atom. The SMILES string of the molecule is COc1ccc(C(N)C(C)(C)CC(=O)O)cc1OC. The van der Waals surface area contributed by atoms with E-state index in [-0.39, 0.29) is 6.42 Å². The van der Waals surface area contributed by atoms with Crippen LogP contribution >= 0.6 is 0 Å². The maximum atomic E-state index is 10.9. The minimum absolute atomic E-state index is 0.00249. The monoisotopic (exact) mass is 267 g/mol. The van der Waals surface area contributed by atoms with Crippen LogP contribution in [0.3, 0.4) is 0 Å². The van der Waals surface area contributed by atoms with Crippen LogP contribution in [-0.2, 0) is 4.79 Å². The third kappa shape index (κ3) is 3.61. The lowest BCUT2D eigenvalue weighted by molar-refractivity contribution is -0.139. The normalized spacial score (nSPS) is 12.9. The summed E-state index contributed by atoms with van der Waals surface area (Å²) >= 11 is 0. The largest absolute Gasteiger partial charge is 0.493 e. The predicted molar refractivity (Wildman–Crippen MR) is 72.5 cm³/mol. The number of benzene rings is 1. The topological polar surface area (TPSA) is 81.8 Å². The van der Waals surface area contributed by atoms with Gasteiger partial charge >= 0.3 is 5.97 Å². The number of carboxylic acid groups (broad SMARTS) is 1. The summed E-state index contributed by atoms with van der Waals surface area (Å²) in [5, 5.41) is 8.93. The summed E-state index contributed by atoms with van der Waals surface area (Å²) in [6.07, 6.45) is 0.00249. The Hall–Kier alpha value is -1.75. The number of ether oxygens (including phenoxy) is 2. The van der Waals surface area contributed by atoms with Crippen molar-refractivity contribution < 1.29 is 19.4 Å². The molecule has 19 heavy (non-hydrogen) atoms. The molecule has 1 unspecified atom stereocenters. The van der Waals surface area contributed by atoms with Crippen LogP contribution in [-0.4, -0.2) is 25.3 Å². The standard InChI is InChI=1S/C14H21NO4/c1-14(2,8-12(16)17)13(15)9-5-6-10(18-3)11(7-9)19-4/h5-7,13H,8,15H2,1-4H3,(H,16,17). The Morgan fingerprint density at radius 2 is 1.89 bits per heavy atom. The maximum absolute atomic E-state index is 10.9. The van der Waals surface area contributed by atoms with Gasteiger partial charge in [0.15, 0.2) is 11.5 Å². The van der Waals surface area contributed by atoms with Gasteiger partial charge in [-0.25, -0.2) is 0 Å². The summed E-state index contributed by atoms with van der Waals surface area (Å²) in [6.45, 7) is 3.67. The van der Waals surface area contributed by atoms with Gasteiger partial charge in [0.05, 0.1) is 20.6 Å². The van der Waals surface area contributed by atoms with Crippen molar-refractivity contribution >= 4 is 5.97 Å². The number of carboxylic acids is 1. The molecule has 0 bridgehead atoms. The zero-order chi connectivity index (χ0) is 14.6. The first-order valence-electron chi connectivity index (χ1n) is 6.01. The first-order chi connectivity index (χ1) is 8.81. The second kappa shape index (κ2) is 5.93. The van der Waals surface area contributed by atoms with Crippen molar-refractivity contribution in [3.8, 4) is 11.5 Å². The molecule has 1 atom stereocenters. The highest BCUT2D eigenvalue weighted by Crippen LogP contribution is 2.38. The molecule has 1 rings (SSSR count). The molecule has 3 N–H and O–H groups in total. The zero-order valence-electron chi connectivity index (χ0n) is 11.8. The summed E-state index contributed by atoms with van der Waals surface area (Å²) in [6, 6.07) is 4.98. The maximum Gasteiger partial charge on any atom is 0.303 e. The van der Waals surface area contributed by atoms with Crippen molar-refractivity contribution in [3.63, 3.8) is 0 Å². The first-order valence-corrected chi connectivity index (χ1v) is 6.01. The molecule has 0 aliphatic carbocycles. The molecule has 0 heterocycles. The van der Waals surface area contributed by atoms with Crippen molar-refractivity contribution in [2.45, 2.75) is 26.3 Å². The quantitative estimate of drug-likeness (QED) is 0.825. The summed E-state index contributed by atoms with van der Waals surface area (Å²) in [5.41, 5.74) is 6.45. The summed E-state index contributed by atoms with van der Waals surface area (Å²) < 4.78 is 10.4. The van der Waals surface area contributed by atoms with Gasteiger partial charge in [-0.05, 0) is 23.1 Å². The van der Waals surface area contributed by atoms with Crippen LogP contribution in [0.1, 0.15) is 31.9 Å². The van der Waals surface area contributed by atoms with Crippen LogP contribution in [0.4, 0.5) is 0 Å².